The Kier molecular flexibility index (Phi) is 3.76. The van der Waals surface area contributed by atoms with Crippen molar-refractivity contribution in [3.05, 3.63) is 11.3 Å². The van der Waals surface area contributed by atoms with Crippen LogP contribution in [0.15, 0.2) is 0 Å². The molecular formula is C10H14F3N3OS. The molecule has 1 aliphatic rings. The van der Waals surface area contributed by atoms with Gasteiger partial charge < -0.3 is 10.1 Å². The van der Waals surface area contributed by atoms with Gasteiger partial charge in [0.15, 0.2) is 5.69 Å². The van der Waals surface area contributed by atoms with E-state index in [0.29, 0.717) is 6.61 Å². The number of nitrogens with zero attached hydrogens (tertiary/aromatic N) is 2. The van der Waals surface area contributed by atoms with E-state index in [-0.39, 0.29) is 24.0 Å². The number of nitrogens with one attached hydrogen (secondary N) is 1. The molecule has 1 N–H and O–H groups in total. The van der Waals surface area contributed by atoms with Gasteiger partial charge in [0.2, 0.25) is 5.88 Å². The van der Waals surface area contributed by atoms with Gasteiger partial charge in [-0.2, -0.15) is 30.0 Å². The Hall–Kier alpha value is -0.890. The Morgan fingerprint density at radius 2 is 2.28 bits per heavy atom. The van der Waals surface area contributed by atoms with E-state index in [1.807, 2.05) is 6.26 Å². The number of ether oxygens (including phenoxy) is 1. The van der Waals surface area contributed by atoms with Crippen LogP contribution in [0.3, 0.4) is 0 Å². The summed E-state index contributed by atoms with van der Waals surface area (Å²) in [4.78, 5) is 0. The molecule has 0 fully saturated rings. The summed E-state index contributed by atoms with van der Waals surface area (Å²) in [7, 11) is 1.46. The Morgan fingerprint density at radius 1 is 1.56 bits per heavy atom. The van der Waals surface area contributed by atoms with Crippen molar-refractivity contribution in [2.75, 3.05) is 18.6 Å². The smallest absolute Gasteiger partial charge is 0.435 e. The van der Waals surface area contributed by atoms with Crippen LogP contribution in [0.1, 0.15) is 11.3 Å². The van der Waals surface area contributed by atoms with Crippen molar-refractivity contribution in [3.8, 4) is 5.88 Å². The zero-order chi connectivity index (χ0) is 13.3. The first-order valence-corrected chi connectivity index (χ1v) is 6.81. The molecule has 4 nitrogen and oxygen atoms in total. The van der Waals surface area contributed by atoms with Gasteiger partial charge in [-0.15, -0.1) is 0 Å². The molecule has 0 aromatic carbocycles. The third-order valence-corrected chi connectivity index (χ3v) is 3.45. The van der Waals surface area contributed by atoms with E-state index in [2.05, 4.69) is 10.4 Å². The summed E-state index contributed by atoms with van der Waals surface area (Å²) in [5, 5.41) is 6.56. The van der Waals surface area contributed by atoms with Gasteiger partial charge in [-0.05, 0) is 6.26 Å². The van der Waals surface area contributed by atoms with Gasteiger partial charge in [0.05, 0.1) is 11.6 Å². The molecule has 18 heavy (non-hydrogen) atoms. The van der Waals surface area contributed by atoms with Crippen LogP contribution in [0.5, 0.6) is 5.88 Å². The van der Waals surface area contributed by atoms with E-state index in [4.69, 9.17) is 4.74 Å². The molecule has 8 heteroatoms. The maximum Gasteiger partial charge on any atom is 0.435 e. The fraction of sp³-hybridized carbons (Fsp3) is 0.700. The van der Waals surface area contributed by atoms with Gasteiger partial charge in [0.1, 0.15) is 6.61 Å². The number of aromatic nitrogens is 2. The van der Waals surface area contributed by atoms with Crippen LogP contribution in [-0.4, -0.2) is 34.4 Å². The Labute approximate surface area is 107 Å². The summed E-state index contributed by atoms with van der Waals surface area (Å²) in [5.74, 6) is 1.00. The summed E-state index contributed by atoms with van der Waals surface area (Å²) in [6, 6.07) is 0.0495. The van der Waals surface area contributed by atoms with E-state index in [9.17, 15) is 13.2 Å². The normalized spacial score (nSPS) is 20.2. The second-order valence-electron chi connectivity index (χ2n) is 4.10. The zero-order valence-corrected chi connectivity index (χ0v) is 10.9. The summed E-state index contributed by atoms with van der Waals surface area (Å²) < 4.78 is 45.0. The van der Waals surface area contributed by atoms with Gasteiger partial charge >= 0.3 is 6.18 Å². The van der Waals surface area contributed by atoms with Crippen molar-refractivity contribution in [2.24, 2.45) is 7.05 Å². The average molecular weight is 281 g/mol. The molecule has 1 aromatic rings. The minimum atomic E-state index is -4.45. The highest BCUT2D eigenvalue weighted by atomic mass is 32.2. The zero-order valence-electron chi connectivity index (χ0n) is 10.0. The number of halogens is 3. The summed E-state index contributed by atoms with van der Waals surface area (Å²) >= 11 is 1.63. The molecule has 1 unspecified atom stereocenters. The lowest BCUT2D eigenvalue weighted by Crippen LogP contribution is -2.34. The largest absolute Gasteiger partial charge is 0.476 e. The first-order valence-electron chi connectivity index (χ1n) is 5.41. The average Bonchev–Trinajstić information content (AvgIpc) is 2.46. The lowest BCUT2D eigenvalue weighted by Gasteiger charge is -2.14. The fourth-order valence-electron chi connectivity index (χ4n) is 1.91. The number of hydrogen-bond donors (Lipinski definition) is 1. The van der Waals surface area contributed by atoms with Crippen LogP contribution in [-0.2, 0) is 19.8 Å². The van der Waals surface area contributed by atoms with E-state index < -0.39 is 11.9 Å². The number of aryl methyl sites for hydroxylation is 1. The molecule has 1 aliphatic heterocycles. The van der Waals surface area contributed by atoms with Crippen LogP contribution < -0.4 is 10.1 Å². The van der Waals surface area contributed by atoms with Gasteiger partial charge in [-0.3, -0.25) is 0 Å². The highest BCUT2D eigenvalue weighted by molar-refractivity contribution is 7.98. The highest BCUT2D eigenvalue weighted by Gasteiger charge is 2.40. The second-order valence-corrected chi connectivity index (χ2v) is 5.01. The monoisotopic (exact) mass is 281 g/mol. The minimum Gasteiger partial charge on any atom is -0.476 e. The van der Waals surface area contributed by atoms with Crippen LogP contribution in [0.2, 0.25) is 0 Å². The Balaban J connectivity index is 2.28. The van der Waals surface area contributed by atoms with Crippen LogP contribution in [0.4, 0.5) is 13.2 Å². The second kappa shape index (κ2) is 5.00. The Bertz CT molecular complexity index is 433. The lowest BCUT2D eigenvalue weighted by molar-refractivity contribution is -0.142. The van der Waals surface area contributed by atoms with Crippen molar-refractivity contribution < 1.29 is 17.9 Å². The predicted molar refractivity (Wildman–Crippen MR) is 62.7 cm³/mol. The first kappa shape index (κ1) is 13.5. The molecule has 0 radical (unpaired) electrons. The van der Waals surface area contributed by atoms with E-state index in [1.165, 1.54) is 7.05 Å². The molecule has 0 spiro atoms. The maximum absolute atomic E-state index is 12.8. The predicted octanol–water partition coefficient (Wildman–Crippen LogP) is 1.65. The molecule has 2 heterocycles. The van der Waals surface area contributed by atoms with Crippen molar-refractivity contribution in [3.63, 3.8) is 0 Å². The molecule has 0 amide bonds. The van der Waals surface area contributed by atoms with Gasteiger partial charge in [-0.25, -0.2) is 4.68 Å². The fourth-order valence-corrected chi connectivity index (χ4v) is 2.53. The summed E-state index contributed by atoms with van der Waals surface area (Å²) in [5.41, 5.74) is -0.772. The minimum absolute atomic E-state index is 0.0495. The van der Waals surface area contributed by atoms with Crippen LogP contribution in [0.25, 0.3) is 0 Å². The van der Waals surface area contributed by atoms with E-state index in [1.54, 1.807) is 11.8 Å². The topological polar surface area (TPSA) is 39.1 Å². The summed E-state index contributed by atoms with van der Waals surface area (Å²) in [6.45, 7) is 0.480. The number of thioether (sulfide) groups is 1. The van der Waals surface area contributed by atoms with Crippen LogP contribution in [0, 0.1) is 0 Å². The molecule has 0 saturated carbocycles. The molecule has 2 rings (SSSR count). The van der Waals surface area contributed by atoms with E-state index in [0.717, 1.165) is 10.4 Å². The summed E-state index contributed by atoms with van der Waals surface area (Å²) in [6.07, 6.45) is -2.50. The number of hydrogen-bond acceptors (Lipinski definition) is 4. The van der Waals surface area contributed by atoms with Crippen molar-refractivity contribution in [2.45, 2.75) is 18.8 Å². The standard InChI is InChI=1S/C10H14F3N3OS/c1-16-9-7(8(15-16)10(11,12)13)3-14-6(4-17-9)5-18-2/h6,14H,3-5H2,1-2H3. The van der Waals surface area contributed by atoms with Crippen molar-refractivity contribution in [1.82, 2.24) is 15.1 Å². The quantitative estimate of drug-likeness (QED) is 0.895. The molecular weight excluding hydrogens is 267 g/mol. The van der Waals surface area contributed by atoms with Crippen LogP contribution >= 0.6 is 11.8 Å². The maximum atomic E-state index is 12.8. The van der Waals surface area contributed by atoms with Gasteiger partial charge in [0, 0.05) is 19.3 Å². The third-order valence-electron chi connectivity index (χ3n) is 2.71. The number of alkyl halides is 3. The molecule has 1 atom stereocenters. The van der Waals surface area contributed by atoms with Gasteiger partial charge in [0.25, 0.3) is 0 Å². The Morgan fingerprint density at radius 3 is 2.89 bits per heavy atom. The number of rotatable bonds is 2. The SMILES string of the molecule is CSCC1COc2c(c(C(F)(F)F)nn2C)CN1. The van der Waals surface area contributed by atoms with Crippen molar-refractivity contribution in [1.29, 1.82) is 0 Å². The molecule has 0 aliphatic carbocycles. The highest BCUT2D eigenvalue weighted by Crippen LogP contribution is 2.36. The lowest BCUT2D eigenvalue weighted by atomic mass is 10.2. The number of fused-ring (bicyclic) bond motifs is 1. The first-order chi connectivity index (χ1) is 8.43. The third kappa shape index (κ3) is 2.59. The molecule has 0 saturated heterocycles. The van der Waals surface area contributed by atoms with Gasteiger partial charge in [-0.1, -0.05) is 0 Å². The van der Waals surface area contributed by atoms with Crippen molar-refractivity contribution >= 4 is 11.8 Å². The molecule has 1 aromatic heterocycles. The molecule has 0 bridgehead atoms. The van der Waals surface area contributed by atoms with E-state index >= 15 is 0 Å². The molecule has 102 valence electrons.